The van der Waals surface area contributed by atoms with E-state index in [4.69, 9.17) is 4.74 Å². The van der Waals surface area contributed by atoms with Gasteiger partial charge in [0.1, 0.15) is 11.9 Å². The second-order valence-corrected chi connectivity index (χ2v) is 6.65. The van der Waals surface area contributed by atoms with Crippen molar-refractivity contribution in [1.29, 1.82) is 0 Å². The van der Waals surface area contributed by atoms with E-state index in [9.17, 15) is 0 Å². The van der Waals surface area contributed by atoms with E-state index in [1.54, 1.807) is 11.3 Å². The lowest BCUT2D eigenvalue weighted by Gasteiger charge is -2.17. The number of aryl methyl sites for hydroxylation is 1. The Morgan fingerprint density at radius 1 is 1.52 bits per heavy atom. The molecule has 0 radical (unpaired) electrons. The summed E-state index contributed by atoms with van der Waals surface area (Å²) >= 11 is 1.77. The maximum Gasteiger partial charge on any atom is 0.131 e. The summed E-state index contributed by atoms with van der Waals surface area (Å²) < 4.78 is 7.77. The number of hydrogen-bond donors (Lipinski definition) is 1. The van der Waals surface area contributed by atoms with Gasteiger partial charge in [0.25, 0.3) is 0 Å². The predicted octanol–water partition coefficient (Wildman–Crippen LogP) is 2.98. The molecule has 1 unspecified atom stereocenters. The summed E-state index contributed by atoms with van der Waals surface area (Å²) in [6.07, 6.45) is 7.61. The van der Waals surface area contributed by atoms with Gasteiger partial charge in [0.05, 0.1) is 0 Å². The van der Waals surface area contributed by atoms with Crippen molar-refractivity contribution in [1.82, 2.24) is 14.9 Å². The number of nitrogens with one attached hydrogen (secondary N) is 1. The molecule has 1 fully saturated rings. The van der Waals surface area contributed by atoms with Gasteiger partial charge in [0.2, 0.25) is 0 Å². The van der Waals surface area contributed by atoms with Gasteiger partial charge in [-0.3, -0.25) is 0 Å². The van der Waals surface area contributed by atoms with Crippen molar-refractivity contribution in [2.24, 2.45) is 13.0 Å². The summed E-state index contributed by atoms with van der Waals surface area (Å²) in [5.74, 6) is 1.92. The number of rotatable bonds is 9. The van der Waals surface area contributed by atoms with Crippen molar-refractivity contribution in [3.8, 4) is 0 Å². The molecule has 5 heteroatoms. The maximum atomic E-state index is 5.69. The lowest BCUT2D eigenvalue weighted by atomic mass is 10.2. The standard InChI is InChI=1S/C16H23N3OS/c1-19-9-8-18-16(19)15(14-4-2-11-21-14)17-7-3-10-20-12-13-5-6-13/h2,4,8-9,11,13,15,17H,3,5-7,10,12H2,1H3. The van der Waals surface area contributed by atoms with Crippen LogP contribution in [0.25, 0.3) is 0 Å². The summed E-state index contributed by atoms with van der Waals surface area (Å²) in [5.41, 5.74) is 0. The third kappa shape index (κ3) is 4.15. The molecule has 21 heavy (non-hydrogen) atoms. The molecule has 2 aromatic rings. The molecule has 0 aliphatic heterocycles. The van der Waals surface area contributed by atoms with Crippen molar-refractivity contribution >= 4 is 11.3 Å². The molecule has 1 N–H and O–H groups in total. The molecule has 0 amide bonds. The Balaban J connectivity index is 1.49. The minimum absolute atomic E-state index is 0.174. The number of imidazole rings is 1. The van der Waals surface area contributed by atoms with E-state index >= 15 is 0 Å². The lowest BCUT2D eigenvalue weighted by Crippen LogP contribution is -2.26. The van der Waals surface area contributed by atoms with Crippen LogP contribution in [0.2, 0.25) is 0 Å². The van der Waals surface area contributed by atoms with Crippen LogP contribution in [-0.2, 0) is 11.8 Å². The highest BCUT2D eigenvalue weighted by atomic mass is 32.1. The van der Waals surface area contributed by atoms with Crippen LogP contribution in [-0.4, -0.2) is 29.3 Å². The quantitative estimate of drug-likeness (QED) is 0.724. The van der Waals surface area contributed by atoms with E-state index in [2.05, 4.69) is 32.4 Å². The molecule has 4 nitrogen and oxygen atoms in total. The van der Waals surface area contributed by atoms with E-state index in [-0.39, 0.29) is 6.04 Å². The van der Waals surface area contributed by atoms with Gasteiger partial charge >= 0.3 is 0 Å². The fraction of sp³-hybridized carbons (Fsp3) is 0.562. The Labute approximate surface area is 130 Å². The molecule has 1 atom stereocenters. The van der Waals surface area contributed by atoms with Crippen LogP contribution in [0.4, 0.5) is 0 Å². The average molecular weight is 305 g/mol. The predicted molar refractivity (Wildman–Crippen MR) is 85.5 cm³/mol. The molecule has 1 aliphatic carbocycles. The molecule has 0 saturated heterocycles. The fourth-order valence-corrected chi connectivity index (χ4v) is 3.18. The second-order valence-electron chi connectivity index (χ2n) is 5.67. The Morgan fingerprint density at radius 3 is 3.10 bits per heavy atom. The second kappa shape index (κ2) is 7.20. The lowest BCUT2D eigenvalue weighted by molar-refractivity contribution is 0.121. The first-order chi connectivity index (χ1) is 10.3. The fourth-order valence-electron chi connectivity index (χ4n) is 2.39. The monoisotopic (exact) mass is 305 g/mol. The molecule has 1 saturated carbocycles. The largest absolute Gasteiger partial charge is 0.381 e. The number of hydrogen-bond acceptors (Lipinski definition) is 4. The zero-order chi connectivity index (χ0) is 14.5. The van der Waals surface area contributed by atoms with Crippen LogP contribution >= 0.6 is 11.3 Å². The highest BCUT2D eigenvalue weighted by Crippen LogP contribution is 2.28. The van der Waals surface area contributed by atoms with Crippen molar-refractivity contribution in [3.05, 3.63) is 40.6 Å². The molecular weight excluding hydrogens is 282 g/mol. The minimum Gasteiger partial charge on any atom is -0.381 e. The molecule has 3 rings (SSSR count). The Hall–Kier alpha value is -1.17. The van der Waals surface area contributed by atoms with E-state index in [0.717, 1.165) is 37.9 Å². The van der Waals surface area contributed by atoms with Crippen LogP contribution < -0.4 is 5.32 Å². The van der Waals surface area contributed by atoms with Crippen LogP contribution in [0, 0.1) is 5.92 Å². The topological polar surface area (TPSA) is 39.1 Å². The van der Waals surface area contributed by atoms with Crippen LogP contribution in [0.15, 0.2) is 29.9 Å². The maximum absolute atomic E-state index is 5.69. The van der Waals surface area contributed by atoms with E-state index in [0.29, 0.717) is 0 Å². The molecule has 0 bridgehead atoms. The Kier molecular flexibility index (Phi) is 5.06. The van der Waals surface area contributed by atoms with Crippen LogP contribution in [0.5, 0.6) is 0 Å². The zero-order valence-electron chi connectivity index (χ0n) is 12.5. The van der Waals surface area contributed by atoms with E-state index in [1.165, 1.54) is 17.7 Å². The summed E-state index contributed by atoms with van der Waals surface area (Å²) in [7, 11) is 2.05. The molecule has 0 aromatic carbocycles. The van der Waals surface area contributed by atoms with Gasteiger partial charge in [-0.25, -0.2) is 4.98 Å². The highest BCUT2D eigenvalue weighted by molar-refractivity contribution is 7.10. The normalized spacial score (nSPS) is 16.2. The summed E-state index contributed by atoms with van der Waals surface area (Å²) in [4.78, 5) is 5.80. The average Bonchev–Trinajstić information content (AvgIpc) is 2.97. The highest BCUT2D eigenvalue weighted by Gasteiger charge is 2.21. The molecule has 2 heterocycles. The van der Waals surface area contributed by atoms with Gasteiger partial charge in [-0.05, 0) is 43.2 Å². The minimum atomic E-state index is 0.174. The summed E-state index contributed by atoms with van der Waals surface area (Å²) in [6, 6.07) is 4.44. The van der Waals surface area contributed by atoms with E-state index < -0.39 is 0 Å². The molecular formula is C16H23N3OS. The molecule has 1 aliphatic rings. The third-order valence-electron chi connectivity index (χ3n) is 3.81. The third-order valence-corrected chi connectivity index (χ3v) is 4.75. The van der Waals surface area contributed by atoms with Gasteiger partial charge < -0.3 is 14.6 Å². The number of ether oxygens (including phenoxy) is 1. The van der Waals surface area contributed by atoms with Gasteiger partial charge in [-0.1, -0.05) is 6.07 Å². The van der Waals surface area contributed by atoms with Crippen LogP contribution in [0.3, 0.4) is 0 Å². The first-order valence-corrected chi connectivity index (χ1v) is 8.54. The molecule has 0 spiro atoms. The number of thiophene rings is 1. The number of nitrogens with zero attached hydrogens (tertiary/aromatic N) is 2. The Bertz CT molecular complexity index is 533. The van der Waals surface area contributed by atoms with Crippen molar-refractivity contribution in [3.63, 3.8) is 0 Å². The molecule has 114 valence electrons. The Morgan fingerprint density at radius 2 is 2.43 bits per heavy atom. The SMILES string of the molecule is Cn1ccnc1C(NCCCOCC1CC1)c1cccs1. The van der Waals surface area contributed by atoms with Crippen molar-refractivity contribution < 1.29 is 4.74 Å². The zero-order valence-corrected chi connectivity index (χ0v) is 13.3. The summed E-state index contributed by atoms with van der Waals surface area (Å²) in [6.45, 7) is 2.75. The summed E-state index contributed by atoms with van der Waals surface area (Å²) in [5, 5.41) is 5.73. The van der Waals surface area contributed by atoms with Crippen molar-refractivity contribution in [2.45, 2.75) is 25.3 Å². The first kappa shape index (κ1) is 14.8. The van der Waals surface area contributed by atoms with E-state index in [1.807, 2.05) is 19.4 Å². The van der Waals surface area contributed by atoms with Crippen molar-refractivity contribution in [2.75, 3.05) is 19.8 Å². The smallest absolute Gasteiger partial charge is 0.131 e. The van der Waals surface area contributed by atoms with Crippen LogP contribution in [0.1, 0.15) is 36.0 Å². The first-order valence-electron chi connectivity index (χ1n) is 7.66. The van der Waals surface area contributed by atoms with Gasteiger partial charge in [0, 0.05) is 37.5 Å². The number of aromatic nitrogens is 2. The van der Waals surface area contributed by atoms with Gasteiger partial charge in [-0.2, -0.15) is 0 Å². The molecule has 2 aromatic heterocycles. The van der Waals surface area contributed by atoms with Gasteiger partial charge in [0.15, 0.2) is 0 Å². The van der Waals surface area contributed by atoms with Gasteiger partial charge in [-0.15, -0.1) is 11.3 Å².